The minimum Gasteiger partial charge on any atom is -0.486 e. The number of aryl methyl sites for hydroxylation is 2. The van der Waals surface area contributed by atoms with Crippen LogP contribution in [0.1, 0.15) is 10.6 Å². The molecule has 0 radical (unpaired) electrons. The van der Waals surface area contributed by atoms with Crippen LogP contribution in [-0.4, -0.2) is 31.0 Å². The van der Waals surface area contributed by atoms with Crippen molar-refractivity contribution in [2.75, 3.05) is 17.9 Å². The number of rotatable bonds is 3. The Kier molecular flexibility index (Phi) is 3.88. The number of ether oxygens (including phenoxy) is 2. The van der Waals surface area contributed by atoms with Gasteiger partial charge in [-0.05, 0) is 26.0 Å². The van der Waals surface area contributed by atoms with Gasteiger partial charge in [0.15, 0.2) is 21.4 Å². The SMILES string of the molecule is Cc1cn2c(=O)c(S(=O)(=O)Nc3ccc4c(c3)OCCO4)c(C)nc2s1. The normalized spacial score (nSPS) is 13.8. The van der Waals surface area contributed by atoms with E-state index in [1.54, 1.807) is 18.3 Å². The van der Waals surface area contributed by atoms with E-state index in [1.807, 2.05) is 6.92 Å². The van der Waals surface area contributed by atoms with Crippen LogP contribution >= 0.6 is 11.3 Å². The Labute approximate surface area is 153 Å². The summed E-state index contributed by atoms with van der Waals surface area (Å²) >= 11 is 1.33. The lowest BCUT2D eigenvalue weighted by Gasteiger charge is -2.19. The number of anilines is 1. The zero-order valence-electron chi connectivity index (χ0n) is 14.0. The monoisotopic (exact) mass is 393 g/mol. The van der Waals surface area contributed by atoms with Gasteiger partial charge in [-0.1, -0.05) is 0 Å². The summed E-state index contributed by atoms with van der Waals surface area (Å²) in [5.74, 6) is 0.999. The predicted octanol–water partition coefficient (Wildman–Crippen LogP) is 1.94. The number of fused-ring (bicyclic) bond motifs is 2. The minimum atomic E-state index is -4.12. The van der Waals surface area contributed by atoms with E-state index in [0.717, 1.165) is 4.88 Å². The molecule has 1 aliphatic heterocycles. The van der Waals surface area contributed by atoms with Crippen molar-refractivity contribution in [3.63, 3.8) is 0 Å². The zero-order valence-corrected chi connectivity index (χ0v) is 15.6. The Hall–Kier alpha value is -2.59. The fourth-order valence-corrected chi connectivity index (χ4v) is 4.92. The molecule has 0 spiro atoms. The van der Waals surface area contributed by atoms with Crippen LogP contribution < -0.4 is 19.8 Å². The summed E-state index contributed by atoms with van der Waals surface area (Å²) in [4.78, 5) is 17.9. The predicted molar refractivity (Wildman–Crippen MR) is 97.1 cm³/mol. The van der Waals surface area contributed by atoms with Gasteiger partial charge in [0, 0.05) is 17.1 Å². The number of sulfonamides is 1. The van der Waals surface area contributed by atoms with Gasteiger partial charge in [0.25, 0.3) is 15.6 Å². The summed E-state index contributed by atoms with van der Waals surface area (Å²) in [5.41, 5.74) is -0.191. The van der Waals surface area contributed by atoms with Crippen LogP contribution in [0.5, 0.6) is 11.5 Å². The molecule has 0 amide bonds. The molecular formula is C16H15N3O5S2. The highest BCUT2D eigenvalue weighted by molar-refractivity contribution is 7.92. The van der Waals surface area contributed by atoms with Crippen molar-refractivity contribution in [1.82, 2.24) is 9.38 Å². The molecule has 3 aromatic rings. The van der Waals surface area contributed by atoms with E-state index in [1.165, 1.54) is 28.7 Å². The number of nitrogens with zero attached hydrogens (tertiary/aromatic N) is 2. The Morgan fingerprint density at radius 2 is 1.92 bits per heavy atom. The van der Waals surface area contributed by atoms with Crippen molar-refractivity contribution < 1.29 is 17.9 Å². The van der Waals surface area contributed by atoms with E-state index in [-0.39, 0.29) is 16.3 Å². The van der Waals surface area contributed by atoms with Crippen molar-refractivity contribution in [1.29, 1.82) is 0 Å². The molecule has 3 heterocycles. The van der Waals surface area contributed by atoms with Crippen molar-refractivity contribution in [2.24, 2.45) is 0 Å². The molecule has 0 saturated heterocycles. The molecule has 0 fully saturated rings. The van der Waals surface area contributed by atoms with Gasteiger partial charge in [0.05, 0.1) is 11.4 Å². The van der Waals surface area contributed by atoms with E-state index in [2.05, 4.69) is 9.71 Å². The van der Waals surface area contributed by atoms with Gasteiger partial charge in [0.1, 0.15) is 13.2 Å². The van der Waals surface area contributed by atoms with Gasteiger partial charge in [0.2, 0.25) is 0 Å². The highest BCUT2D eigenvalue weighted by atomic mass is 32.2. The molecule has 1 N–H and O–H groups in total. The van der Waals surface area contributed by atoms with Gasteiger partial charge in [-0.2, -0.15) is 0 Å². The van der Waals surface area contributed by atoms with Gasteiger partial charge >= 0.3 is 0 Å². The van der Waals surface area contributed by atoms with Crippen LogP contribution in [0.3, 0.4) is 0 Å². The van der Waals surface area contributed by atoms with Crippen LogP contribution in [-0.2, 0) is 10.0 Å². The van der Waals surface area contributed by atoms with Crippen LogP contribution in [0.2, 0.25) is 0 Å². The highest BCUT2D eigenvalue weighted by Crippen LogP contribution is 2.33. The zero-order chi connectivity index (χ0) is 18.5. The number of hydrogen-bond donors (Lipinski definition) is 1. The van der Waals surface area contributed by atoms with Gasteiger partial charge < -0.3 is 9.47 Å². The quantitative estimate of drug-likeness (QED) is 0.730. The van der Waals surface area contributed by atoms with Crippen molar-refractivity contribution >= 4 is 32.0 Å². The average Bonchev–Trinajstić information content (AvgIpc) is 2.94. The number of thiazole rings is 1. The molecule has 1 aromatic carbocycles. The van der Waals surface area contributed by atoms with E-state index in [4.69, 9.17) is 9.47 Å². The number of nitrogens with one attached hydrogen (secondary N) is 1. The molecule has 10 heteroatoms. The Morgan fingerprint density at radius 1 is 1.19 bits per heavy atom. The fourth-order valence-electron chi connectivity index (χ4n) is 2.76. The Balaban J connectivity index is 1.77. The molecule has 1 aliphatic rings. The molecule has 2 aromatic heterocycles. The van der Waals surface area contributed by atoms with Crippen LogP contribution in [0.4, 0.5) is 5.69 Å². The third-order valence-electron chi connectivity index (χ3n) is 3.84. The maximum atomic E-state index is 12.8. The summed E-state index contributed by atoms with van der Waals surface area (Å²) in [7, 11) is -4.12. The first kappa shape index (κ1) is 16.9. The fraction of sp³-hybridized carbons (Fsp3) is 0.250. The Bertz CT molecular complexity index is 1180. The molecule has 0 bridgehead atoms. The largest absolute Gasteiger partial charge is 0.486 e. The number of benzene rings is 1. The third-order valence-corrected chi connectivity index (χ3v) is 6.25. The van der Waals surface area contributed by atoms with E-state index in [9.17, 15) is 13.2 Å². The average molecular weight is 393 g/mol. The molecule has 136 valence electrons. The summed E-state index contributed by atoms with van der Waals surface area (Å²) in [6, 6.07) is 4.70. The van der Waals surface area contributed by atoms with Crippen molar-refractivity contribution in [3.8, 4) is 11.5 Å². The summed E-state index contributed by atoms with van der Waals surface area (Å²) in [6.07, 6.45) is 1.58. The maximum Gasteiger partial charge on any atom is 0.279 e. The van der Waals surface area contributed by atoms with Crippen LogP contribution in [0.15, 0.2) is 34.1 Å². The van der Waals surface area contributed by atoms with Gasteiger partial charge in [-0.15, -0.1) is 11.3 Å². The van der Waals surface area contributed by atoms with Gasteiger partial charge in [-0.3, -0.25) is 13.9 Å². The van der Waals surface area contributed by atoms with E-state index < -0.39 is 15.6 Å². The first-order chi connectivity index (χ1) is 12.3. The second-order valence-corrected chi connectivity index (χ2v) is 8.62. The van der Waals surface area contributed by atoms with E-state index in [0.29, 0.717) is 29.7 Å². The third kappa shape index (κ3) is 2.80. The lowest BCUT2D eigenvalue weighted by molar-refractivity contribution is 0.171. The second-order valence-electron chi connectivity index (χ2n) is 5.79. The van der Waals surface area contributed by atoms with Gasteiger partial charge in [-0.25, -0.2) is 13.4 Å². The second kappa shape index (κ2) is 5.99. The van der Waals surface area contributed by atoms with Crippen molar-refractivity contribution in [3.05, 3.63) is 45.3 Å². The maximum absolute atomic E-state index is 12.8. The molecule has 8 nitrogen and oxygen atoms in total. The molecule has 4 rings (SSSR count). The summed E-state index contributed by atoms with van der Waals surface area (Å²) in [5, 5.41) is 0. The molecule has 0 aliphatic carbocycles. The Morgan fingerprint density at radius 3 is 2.69 bits per heavy atom. The molecule has 26 heavy (non-hydrogen) atoms. The van der Waals surface area contributed by atoms with Crippen molar-refractivity contribution in [2.45, 2.75) is 18.7 Å². The number of hydrogen-bond acceptors (Lipinski definition) is 7. The minimum absolute atomic E-state index is 0.155. The topological polar surface area (TPSA) is 99.0 Å². The molecule has 0 saturated carbocycles. The molecule has 0 atom stereocenters. The van der Waals surface area contributed by atoms with E-state index >= 15 is 0 Å². The van der Waals surface area contributed by atoms with Crippen LogP contribution in [0.25, 0.3) is 4.96 Å². The molecular weight excluding hydrogens is 378 g/mol. The lowest BCUT2D eigenvalue weighted by atomic mass is 10.3. The standard InChI is InChI=1S/C16H15N3O5S2/c1-9-8-19-15(20)14(10(2)17-16(19)25-9)26(21,22)18-11-3-4-12-13(7-11)24-6-5-23-12/h3-4,7-8,18H,5-6H2,1-2H3. The van der Waals surface area contributed by atoms with Crippen LogP contribution in [0, 0.1) is 13.8 Å². The summed E-state index contributed by atoms with van der Waals surface area (Å²) in [6.45, 7) is 4.17. The number of aromatic nitrogens is 2. The first-order valence-corrected chi connectivity index (χ1v) is 10.1. The first-order valence-electron chi connectivity index (χ1n) is 7.77. The molecule has 0 unspecified atom stereocenters. The lowest BCUT2D eigenvalue weighted by Crippen LogP contribution is -2.27. The smallest absolute Gasteiger partial charge is 0.279 e. The summed E-state index contributed by atoms with van der Waals surface area (Å²) < 4.78 is 40.2. The highest BCUT2D eigenvalue weighted by Gasteiger charge is 2.25.